The Morgan fingerprint density at radius 2 is 1.64 bits per heavy atom. The van der Waals surface area contributed by atoms with Crippen molar-refractivity contribution in [3.05, 3.63) is 95.1 Å². The van der Waals surface area contributed by atoms with Crippen LogP contribution in [-0.2, 0) is 21.4 Å². The summed E-state index contributed by atoms with van der Waals surface area (Å²) in [6.45, 7) is 3.66. The topological polar surface area (TPSA) is 114 Å². The SMILES string of the molecule is Cc1ccc(OCC(=O)NNC(=O)c2cccc(S(=O)(=O)NCc3ccccc3)c2)c(C)c1. The largest absolute Gasteiger partial charge is 0.483 e. The van der Waals surface area contributed by atoms with E-state index >= 15 is 0 Å². The molecule has 3 aromatic carbocycles. The van der Waals surface area contributed by atoms with Crippen LogP contribution < -0.4 is 20.3 Å². The van der Waals surface area contributed by atoms with E-state index in [1.807, 2.05) is 44.2 Å². The standard InChI is InChI=1S/C24H25N3O5S/c1-17-11-12-22(18(2)13-17)32-16-23(28)26-27-24(29)20-9-6-10-21(14-20)33(30,31)25-15-19-7-4-3-5-8-19/h3-14,25H,15-16H2,1-2H3,(H,26,28)(H,27,29). The van der Waals surface area contributed by atoms with Gasteiger partial charge in [0.15, 0.2) is 6.61 Å². The number of sulfonamides is 1. The smallest absolute Gasteiger partial charge is 0.276 e. The molecule has 9 heteroatoms. The van der Waals surface area contributed by atoms with E-state index in [1.165, 1.54) is 24.3 Å². The van der Waals surface area contributed by atoms with Crippen LogP contribution in [0.4, 0.5) is 0 Å². The summed E-state index contributed by atoms with van der Waals surface area (Å²) in [6.07, 6.45) is 0. The fourth-order valence-electron chi connectivity index (χ4n) is 3.00. The lowest BCUT2D eigenvalue weighted by atomic mass is 10.1. The number of benzene rings is 3. The maximum atomic E-state index is 12.6. The number of hydrogen-bond donors (Lipinski definition) is 3. The van der Waals surface area contributed by atoms with Gasteiger partial charge in [-0.15, -0.1) is 0 Å². The zero-order valence-corrected chi connectivity index (χ0v) is 19.1. The molecule has 8 nitrogen and oxygen atoms in total. The van der Waals surface area contributed by atoms with Crippen molar-refractivity contribution in [1.29, 1.82) is 0 Å². The second kappa shape index (κ2) is 10.8. The van der Waals surface area contributed by atoms with Gasteiger partial charge in [0.1, 0.15) is 5.75 Å². The molecule has 0 aliphatic carbocycles. The third kappa shape index (κ3) is 6.90. The Morgan fingerprint density at radius 3 is 2.36 bits per heavy atom. The quantitative estimate of drug-likeness (QED) is 0.441. The van der Waals surface area contributed by atoms with Crippen LogP contribution in [0.3, 0.4) is 0 Å². The van der Waals surface area contributed by atoms with Crippen molar-refractivity contribution in [2.75, 3.05) is 6.61 Å². The molecule has 0 aliphatic rings. The Labute approximate surface area is 193 Å². The Morgan fingerprint density at radius 1 is 0.879 bits per heavy atom. The summed E-state index contributed by atoms with van der Waals surface area (Å²) in [6, 6.07) is 20.2. The lowest BCUT2D eigenvalue weighted by Gasteiger charge is -2.11. The molecule has 33 heavy (non-hydrogen) atoms. The van der Waals surface area contributed by atoms with Gasteiger partial charge in [-0.2, -0.15) is 0 Å². The van der Waals surface area contributed by atoms with E-state index in [4.69, 9.17) is 4.74 Å². The number of carbonyl (C=O) groups is 2. The minimum atomic E-state index is -3.83. The molecule has 0 heterocycles. The van der Waals surface area contributed by atoms with E-state index in [1.54, 1.807) is 18.2 Å². The monoisotopic (exact) mass is 467 g/mol. The highest BCUT2D eigenvalue weighted by Crippen LogP contribution is 2.18. The van der Waals surface area contributed by atoms with E-state index in [-0.39, 0.29) is 23.6 Å². The molecule has 172 valence electrons. The molecule has 0 unspecified atom stereocenters. The van der Waals surface area contributed by atoms with Gasteiger partial charge in [-0.05, 0) is 49.2 Å². The number of ether oxygens (including phenoxy) is 1. The van der Waals surface area contributed by atoms with Crippen LogP contribution in [0.25, 0.3) is 0 Å². The van der Waals surface area contributed by atoms with E-state index in [0.717, 1.165) is 16.7 Å². The first-order valence-electron chi connectivity index (χ1n) is 10.2. The first-order valence-corrected chi connectivity index (χ1v) is 11.7. The average Bonchev–Trinajstić information content (AvgIpc) is 2.81. The van der Waals surface area contributed by atoms with Gasteiger partial charge in [0, 0.05) is 12.1 Å². The van der Waals surface area contributed by atoms with E-state index in [2.05, 4.69) is 15.6 Å². The lowest BCUT2D eigenvalue weighted by molar-refractivity contribution is -0.123. The van der Waals surface area contributed by atoms with Gasteiger partial charge >= 0.3 is 0 Å². The first-order chi connectivity index (χ1) is 15.7. The number of nitrogens with one attached hydrogen (secondary N) is 3. The number of rotatable bonds is 8. The Balaban J connectivity index is 1.54. The molecule has 0 fully saturated rings. The minimum absolute atomic E-state index is 0.0596. The van der Waals surface area contributed by atoms with Crippen LogP contribution in [0.1, 0.15) is 27.0 Å². The lowest BCUT2D eigenvalue weighted by Crippen LogP contribution is -2.43. The van der Waals surface area contributed by atoms with E-state index < -0.39 is 21.8 Å². The summed E-state index contributed by atoms with van der Waals surface area (Å²) in [5.41, 5.74) is 7.38. The third-order valence-corrected chi connectivity index (χ3v) is 6.12. The summed E-state index contributed by atoms with van der Waals surface area (Å²) in [7, 11) is -3.83. The van der Waals surface area contributed by atoms with Crippen LogP contribution in [0.2, 0.25) is 0 Å². The molecule has 0 aromatic heterocycles. The molecule has 0 aliphatic heterocycles. The average molecular weight is 468 g/mol. The Kier molecular flexibility index (Phi) is 7.81. The van der Waals surface area contributed by atoms with Gasteiger partial charge in [-0.1, -0.05) is 54.1 Å². The molecular weight excluding hydrogens is 442 g/mol. The van der Waals surface area contributed by atoms with Crippen LogP contribution in [0.15, 0.2) is 77.7 Å². The van der Waals surface area contributed by atoms with Crippen molar-refractivity contribution in [1.82, 2.24) is 15.6 Å². The van der Waals surface area contributed by atoms with Crippen molar-refractivity contribution in [3.63, 3.8) is 0 Å². The van der Waals surface area contributed by atoms with Crippen LogP contribution in [0.5, 0.6) is 5.75 Å². The van der Waals surface area contributed by atoms with Crippen molar-refractivity contribution >= 4 is 21.8 Å². The highest BCUT2D eigenvalue weighted by atomic mass is 32.2. The number of aryl methyl sites for hydroxylation is 2. The van der Waals surface area contributed by atoms with E-state index in [0.29, 0.717) is 5.75 Å². The molecule has 2 amide bonds. The first kappa shape index (κ1) is 24.0. The minimum Gasteiger partial charge on any atom is -0.483 e. The Bertz CT molecular complexity index is 1240. The summed E-state index contributed by atoms with van der Waals surface area (Å²) < 4.78 is 33.1. The maximum absolute atomic E-state index is 12.6. The summed E-state index contributed by atoms with van der Waals surface area (Å²) in [5.74, 6) is -0.644. The van der Waals surface area contributed by atoms with Gasteiger partial charge < -0.3 is 4.74 Å². The van der Waals surface area contributed by atoms with Crippen molar-refractivity contribution in [2.45, 2.75) is 25.3 Å². The molecule has 3 aromatic rings. The van der Waals surface area contributed by atoms with Gasteiger partial charge in [0.05, 0.1) is 4.90 Å². The molecule has 0 bridgehead atoms. The number of amides is 2. The highest BCUT2D eigenvalue weighted by Gasteiger charge is 2.16. The molecule has 3 rings (SSSR count). The van der Waals surface area contributed by atoms with Gasteiger partial charge in [-0.3, -0.25) is 20.4 Å². The zero-order chi connectivity index (χ0) is 23.8. The highest BCUT2D eigenvalue weighted by molar-refractivity contribution is 7.89. The second-order valence-corrected chi connectivity index (χ2v) is 9.16. The summed E-state index contributed by atoms with van der Waals surface area (Å²) in [4.78, 5) is 24.4. The summed E-state index contributed by atoms with van der Waals surface area (Å²) >= 11 is 0. The van der Waals surface area contributed by atoms with Crippen molar-refractivity contribution in [3.8, 4) is 5.75 Å². The number of carbonyl (C=O) groups excluding carboxylic acids is 2. The second-order valence-electron chi connectivity index (χ2n) is 7.40. The fraction of sp³-hybridized carbons (Fsp3) is 0.167. The molecular formula is C24H25N3O5S. The van der Waals surface area contributed by atoms with Crippen LogP contribution >= 0.6 is 0 Å². The van der Waals surface area contributed by atoms with Gasteiger partial charge in [0.2, 0.25) is 10.0 Å². The molecule has 0 atom stereocenters. The molecule has 0 saturated carbocycles. The molecule has 0 saturated heterocycles. The zero-order valence-electron chi connectivity index (χ0n) is 18.3. The van der Waals surface area contributed by atoms with Crippen molar-refractivity contribution < 1.29 is 22.7 Å². The fourth-order valence-corrected chi connectivity index (χ4v) is 4.06. The number of hydrogen-bond acceptors (Lipinski definition) is 5. The van der Waals surface area contributed by atoms with Gasteiger partial charge in [0.25, 0.3) is 11.8 Å². The third-order valence-electron chi connectivity index (χ3n) is 4.72. The van der Waals surface area contributed by atoms with Gasteiger partial charge in [-0.25, -0.2) is 13.1 Å². The number of hydrazine groups is 1. The summed E-state index contributed by atoms with van der Waals surface area (Å²) in [5, 5.41) is 0. The maximum Gasteiger partial charge on any atom is 0.276 e. The Hall–Kier alpha value is -3.69. The molecule has 0 spiro atoms. The molecule has 0 radical (unpaired) electrons. The van der Waals surface area contributed by atoms with Crippen molar-refractivity contribution in [2.24, 2.45) is 0 Å². The molecule has 3 N–H and O–H groups in total. The van der Waals surface area contributed by atoms with Crippen LogP contribution in [0, 0.1) is 13.8 Å². The predicted molar refractivity (Wildman–Crippen MR) is 124 cm³/mol. The normalized spacial score (nSPS) is 11.0. The van der Waals surface area contributed by atoms with Crippen LogP contribution in [-0.4, -0.2) is 26.8 Å². The predicted octanol–water partition coefficient (Wildman–Crippen LogP) is 2.62. The van der Waals surface area contributed by atoms with E-state index in [9.17, 15) is 18.0 Å².